The SMILES string of the molecule is O=C(O)C1CCC(CN=Cc2cc(O)cc(O)c2)CC1. The number of carboxylic acid groups (broad SMARTS) is 1. The number of aliphatic carboxylic acids is 1. The second-order valence-electron chi connectivity index (χ2n) is 5.33. The van der Waals surface area contributed by atoms with Gasteiger partial charge in [-0.25, -0.2) is 0 Å². The van der Waals surface area contributed by atoms with Gasteiger partial charge in [0.15, 0.2) is 0 Å². The highest BCUT2D eigenvalue weighted by atomic mass is 16.4. The average Bonchev–Trinajstić information content (AvgIpc) is 2.38. The fourth-order valence-corrected chi connectivity index (χ4v) is 2.59. The molecule has 0 saturated heterocycles. The molecule has 0 spiro atoms. The van der Waals surface area contributed by atoms with Crippen LogP contribution in [-0.2, 0) is 4.79 Å². The van der Waals surface area contributed by atoms with Crippen molar-refractivity contribution in [2.45, 2.75) is 25.7 Å². The highest BCUT2D eigenvalue weighted by molar-refractivity contribution is 5.81. The molecule has 5 heteroatoms. The summed E-state index contributed by atoms with van der Waals surface area (Å²) in [6.45, 7) is 0.656. The molecule has 0 aromatic heterocycles. The van der Waals surface area contributed by atoms with Crippen LogP contribution in [0.1, 0.15) is 31.2 Å². The Morgan fingerprint density at radius 3 is 2.30 bits per heavy atom. The number of hydrogen-bond acceptors (Lipinski definition) is 4. The van der Waals surface area contributed by atoms with Crippen LogP contribution in [0.4, 0.5) is 0 Å². The maximum Gasteiger partial charge on any atom is 0.306 e. The monoisotopic (exact) mass is 277 g/mol. The standard InChI is InChI=1S/C15H19NO4/c17-13-5-11(6-14(18)7-13)9-16-8-10-1-3-12(4-2-10)15(19)20/h5-7,9-10,12,17-18H,1-4,8H2,(H,19,20). The van der Waals surface area contributed by atoms with Gasteiger partial charge in [-0.3, -0.25) is 9.79 Å². The van der Waals surface area contributed by atoms with Crippen molar-refractivity contribution in [3.8, 4) is 11.5 Å². The third kappa shape index (κ3) is 3.98. The van der Waals surface area contributed by atoms with Gasteiger partial charge in [-0.2, -0.15) is 0 Å². The molecule has 1 aliphatic rings. The summed E-state index contributed by atoms with van der Waals surface area (Å²) in [6, 6.07) is 4.33. The number of nitrogens with zero attached hydrogens (tertiary/aromatic N) is 1. The van der Waals surface area contributed by atoms with Crippen LogP contribution in [0.5, 0.6) is 11.5 Å². The molecule has 1 aliphatic carbocycles. The summed E-state index contributed by atoms with van der Waals surface area (Å²) in [5.74, 6) is -0.449. The zero-order chi connectivity index (χ0) is 14.5. The Kier molecular flexibility index (Phi) is 4.61. The third-order valence-corrected chi connectivity index (χ3v) is 3.72. The Balaban J connectivity index is 1.83. The zero-order valence-electron chi connectivity index (χ0n) is 11.2. The van der Waals surface area contributed by atoms with Crippen LogP contribution in [-0.4, -0.2) is 34.0 Å². The van der Waals surface area contributed by atoms with Gasteiger partial charge < -0.3 is 15.3 Å². The molecular weight excluding hydrogens is 258 g/mol. The van der Waals surface area contributed by atoms with E-state index in [0.717, 1.165) is 25.7 Å². The summed E-state index contributed by atoms with van der Waals surface area (Å²) in [6.07, 6.45) is 4.85. The van der Waals surface area contributed by atoms with E-state index >= 15 is 0 Å². The number of hydrogen-bond donors (Lipinski definition) is 3. The van der Waals surface area contributed by atoms with Gasteiger partial charge >= 0.3 is 5.97 Å². The number of carbonyl (C=O) groups is 1. The van der Waals surface area contributed by atoms with Crippen LogP contribution in [0.15, 0.2) is 23.2 Å². The number of phenols is 2. The molecule has 1 aromatic carbocycles. The molecule has 0 bridgehead atoms. The Morgan fingerprint density at radius 2 is 1.75 bits per heavy atom. The highest BCUT2D eigenvalue weighted by Gasteiger charge is 2.25. The highest BCUT2D eigenvalue weighted by Crippen LogP contribution is 2.29. The van der Waals surface area contributed by atoms with Gasteiger partial charge in [-0.15, -0.1) is 0 Å². The van der Waals surface area contributed by atoms with Crippen molar-refractivity contribution >= 4 is 12.2 Å². The minimum Gasteiger partial charge on any atom is -0.508 e. The molecule has 0 amide bonds. The molecule has 1 saturated carbocycles. The van der Waals surface area contributed by atoms with E-state index in [9.17, 15) is 15.0 Å². The number of aliphatic imine (C=N–C) groups is 1. The zero-order valence-corrected chi connectivity index (χ0v) is 11.2. The van der Waals surface area contributed by atoms with Gasteiger partial charge in [-0.1, -0.05) is 0 Å². The lowest BCUT2D eigenvalue weighted by molar-refractivity contribution is -0.143. The van der Waals surface area contributed by atoms with Gasteiger partial charge in [0.2, 0.25) is 0 Å². The summed E-state index contributed by atoms with van der Waals surface area (Å²) < 4.78 is 0. The van der Waals surface area contributed by atoms with E-state index in [0.29, 0.717) is 18.0 Å². The van der Waals surface area contributed by atoms with Crippen molar-refractivity contribution in [2.24, 2.45) is 16.8 Å². The van der Waals surface area contributed by atoms with E-state index in [1.54, 1.807) is 6.21 Å². The average molecular weight is 277 g/mol. The lowest BCUT2D eigenvalue weighted by atomic mass is 9.82. The van der Waals surface area contributed by atoms with Crippen molar-refractivity contribution in [3.63, 3.8) is 0 Å². The summed E-state index contributed by atoms with van der Waals surface area (Å²) in [4.78, 5) is 15.2. The van der Waals surface area contributed by atoms with E-state index < -0.39 is 5.97 Å². The molecule has 0 heterocycles. The van der Waals surface area contributed by atoms with Crippen molar-refractivity contribution in [1.29, 1.82) is 0 Å². The molecule has 0 unspecified atom stereocenters. The largest absolute Gasteiger partial charge is 0.508 e. The first-order chi connectivity index (χ1) is 9.54. The van der Waals surface area contributed by atoms with Crippen molar-refractivity contribution in [2.75, 3.05) is 6.54 Å². The van der Waals surface area contributed by atoms with Crippen LogP contribution >= 0.6 is 0 Å². The van der Waals surface area contributed by atoms with E-state index in [4.69, 9.17) is 5.11 Å². The van der Waals surface area contributed by atoms with E-state index in [1.807, 2.05) is 0 Å². The first-order valence-corrected chi connectivity index (χ1v) is 6.80. The molecule has 2 rings (SSSR count). The lowest BCUT2D eigenvalue weighted by Crippen LogP contribution is -2.22. The molecule has 3 N–H and O–H groups in total. The van der Waals surface area contributed by atoms with Crippen LogP contribution < -0.4 is 0 Å². The molecule has 0 atom stereocenters. The minimum atomic E-state index is -0.692. The quantitative estimate of drug-likeness (QED) is 0.737. The molecule has 1 fully saturated rings. The summed E-state index contributed by atoms with van der Waals surface area (Å²) in [7, 11) is 0. The smallest absolute Gasteiger partial charge is 0.306 e. The molecule has 20 heavy (non-hydrogen) atoms. The minimum absolute atomic E-state index is 0.00779. The number of benzene rings is 1. The number of phenolic OH excluding ortho intramolecular Hbond substituents is 2. The maximum atomic E-state index is 10.8. The van der Waals surface area contributed by atoms with Crippen molar-refractivity contribution < 1.29 is 20.1 Å². The van der Waals surface area contributed by atoms with Crippen molar-refractivity contribution in [1.82, 2.24) is 0 Å². The van der Waals surface area contributed by atoms with Gasteiger partial charge in [0, 0.05) is 18.8 Å². The molecule has 108 valence electrons. The fourth-order valence-electron chi connectivity index (χ4n) is 2.59. The normalized spacial score (nSPS) is 23.0. The van der Waals surface area contributed by atoms with E-state index in [2.05, 4.69) is 4.99 Å². The molecule has 1 aromatic rings. The van der Waals surface area contributed by atoms with Crippen LogP contribution in [0.2, 0.25) is 0 Å². The fraction of sp³-hybridized carbons (Fsp3) is 0.467. The topological polar surface area (TPSA) is 90.1 Å². The van der Waals surface area contributed by atoms with Gasteiger partial charge in [0.25, 0.3) is 0 Å². The molecule has 0 aliphatic heterocycles. The summed E-state index contributed by atoms with van der Waals surface area (Å²) in [5.41, 5.74) is 0.654. The van der Waals surface area contributed by atoms with Crippen molar-refractivity contribution in [3.05, 3.63) is 23.8 Å². The number of rotatable bonds is 4. The Hall–Kier alpha value is -2.04. The van der Waals surface area contributed by atoms with Gasteiger partial charge in [0.05, 0.1) is 5.92 Å². The summed E-state index contributed by atoms with van der Waals surface area (Å²) in [5, 5.41) is 27.6. The van der Waals surface area contributed by atoms with Gasteiger partial charge in [0.1, 0.15) is 11.5 Å². The Labute approximate surface area is 117 Å². The van der Waals surface area contributed by atoms with E-state index in [-0.39, 0.29) is 17.4 Å². The Bertz CT molecular complexity index is 484. The first-order valence-electron chi connectivity index (χ1n) is 6.80. The van der Waals surface area contributed by atoms with Crippen LogP contribution in [0, 0.1) is 11.8 Å². The predicted molar refractivity (Wildman–Crippen MR) is 75.3 cm³/mol. The van der Waals surface area contributed by atoms with Crippen LogP contribution in [0.25, 0.3) is 0 Å². The maximum absolute atomic E-state index is 10.8. The van der Waals surface area contributed by atoms with Crippen LogP contribution in [0.3, 0.4) is 0 Å². The summed E-state index contributed by atoms with van der Waals surface area (Å²) >= 11 is 0. The Morgan fingerprint density at radius 1 is 1.15 bits per heavy atom. The second kappa shape index (κ2) is 6.41. The third-order valence-electron chi connectivity index (χ3n) is 3.72. The first kappa shape index (κ1) is 14.4. The molecular formula is C15H19NO4. The van der Waals surface area contributed by atoms with Gasteiger partial charge in [-0.05, 0) is 49.3 Å². The lowest BCUT2D eigenvalue weighted by Gasteiger charge is -2.24. The molecule has 0 radical (unpaired) electrons. The number of carboxylic acids is 1. The molecule has 5 nitrogen and oxygen atoms in total. The number of aromatic hydroxyl groups is 2. The van der Waals surface area contributed by atoms with E-state index in [1.165, 1.54) is 18.2 Å². The predicted octanol–water partition coefficient (Wildman–Crippen LogP) is 2.41. The second-order valence-corrected chi connectivity index (χ2v) is 5.33.